The van der Waals surface area contributed by atoms with E-state index in [1.165, 1.54) is 11.3 Å². The van der Waals surface area contributed by atoms with Crippen LogP contribution in [0.15, 0.2) is 12.1 Å². The summed E-state index contributed by atoms with van der Waals surface area (Å²) >= 11 is 1.36. The fraction of sp³-hybridized carbons (Fsp3) is 0.533. The first-order valence-electron chi connectivity index (χ1n) is 6.87. The molecule has 1 fully saturated rings. The lowest BCUT2D eigenvalue weighted by atomic mass is 9.99. The first-order chi connectivity index (χ1) is 9.76. The van der Waals surface area contributed by atoms with Crippen LogP contribution in [0, 0.1) is 11.8 Å². The molecule has 20 heavy (non-hydrogen) atoms. The summed E-state index contributed by atoms with van der Waals surface area (Å²) in [5.41, 5.74) is 0. The van der Waals surface area contributed by atoms with Crippen LogP contribution in [0.3, 0.4) is 0 Å². The van der Waals surface area contributed by atoms with E-state index < -0.39 is 0 Å². The Morgan fingerprint density at radius 3 is 3.00 bits per heavy atom. The Bertz CT molecular complexity index is 513. The van der Waals surface area contributed by atoms with Crippen molar-refractivity contribution in [3.8, 4) is 11.8 Å². The molecule has 1 aromatic heterocycles. The van der Waals surface area contributed by atoms with E-state index in [1.54, 1.807) is 6.07 Å². The van der Waals surface area contributed by atoms with Gasteiger partial charge in [-0.3, -0.25) is 4.79 Å². The SMILES string of the molecule is O=C(c1ccc(C#CCO)s1)N1CCCCC1CCO. The molecule has 1 aliphatic rings. The molecular weight excluding hydrogens is 274 g/mol. The first kappa shape index (κ1) is 15.0. The molecule has 1 amide bonds. The zero-order valence-corrected chi connectivity index (χ0v) is 12.2. The van der Waals surface area contributed by atoms with Crippen LogP contribution >= 0.6 is 11.3 Å². The summed E-state index contributed by atoms with van der Waals surface area (Å²) in [5, 5.41) is 17.8. The molecule has 5 heteroatoms. The normalized spacial score (nSPS) is 18.5. The number of carbonyl (C=O) groups excluding carboxylic acids is 1. The van der Waals surface area contributed by atoms with Crippen LogP contribution in [0.4, 0.5) is 0 Å². The molecule has 0 aliphatic carbocycles. The highest BCUT2D eigenvalue weighted by Gasteiger charge is 2.27. The minimum Gasteiger partial charge on any atom is -0.396 e. The number of aliphatic hydroxyl groups excluding tert-OH is 2. The van der Waals surface area contributed by atoms with Gasteiger partial charge >= 0.3 is 0 Å². The van der Waals surface area contributed by atoms with Gasteiger partial charge in [0.2, 0.25) is 0 Å². The maximum atomic E-state index is 12.5. The third kappa shape index (κ3) is 3.60. The van der Waals surface area contributed by atoms with Gasteiger partial charge < -0.3 is 15.1 Å². The molecule has 1 saturated heterocycles. The average Bonchev–Trinajstić information content (AvgIpc) is 2.94. The Kier molecular flexibility index (Phi) is 5.60. The Morgan fingerprint density at radius 2 is 2.25 bits per heavy atom. The number of rotatable bonds is 3. The van der Waals surface area contributed by atoms with Crippen LogP contribution in [0.5, 0.6) is 0 Å². The van der Waals surface area contributed by atoms with Gasteiger partial charge in [0.25, 0.3) is 5.91 Å². The lowest BCUT2D eigenvalue weighted by Crippen LogP contribution is -2.43. The molecule has 1 unspecified atom stereocenters. The van der Waals surface area contributed by atoms with Gasteiger partial charge in [-0.25, -0.2) is 0 Å². The summed E-state index contributed by atoms with van der Waals surface area (Å²) in [6, 6.07) is 3.75. The standard InChI is InChI=1S/C15H19NO3S/c17-10-3-5-13-6-7-14(20-13)15(19)16-9-2-1-4-12(16)8-11-18/h6-7,12,17-18H,1-2,4,8-11H2. The Morgan fingerprint density at radius 1 is 1.40 bits per heavy atom. The van der Waals surface area contributed by atoms with E-state index in [2.05, 4.69) is 11.8 Å². The zero-order chi connectivity index (χ0) is 14.4. The lowest BCUT2D eigenvalue weighted by Gasteiger charge is -2.35. The molecule has 2 N–H and O–H groups in total. The van der Waals surface area contributed by atoms with Crippen LogP contribution in [0.25, 0.3) is 0 Å². The zero-order valence-electron chi connectivity index (χ0n) is 11.3. The average molecular weight is 293 g/mol. The highest BCUT2D eigenvalue weighted by molar-refractivity contribution is 7.14. The van der Waals surface area contributed by atoms with Crippen LogP contribution in [0.1, 0.15) is 40.2 Å². The van der Waals surface area contributed by atoms with Crippen molar-refractivity contribution < 1.29 is 15.0 Å². The highest BCUT2D eigenvalue weighted by Crippen LogP contribution is 2.24. The van der Waals surface area contributed by atoms with Crippen molar-refractivity contribution in [3.63, 3.8) is 0 Å². The molecule has 0 radical (unpaired) electrons. The van der Waals surface area contributed by atoms with Crippen molar-refractivity contribution in [3.05, 3.63) is 21.9 Å². The largest absolute Gasteiger partial charge is 0.396 e. The molecule has 1 aliphatic heterocycles. The number of amides is 1. The van der Waals surface area contributed by atoms with Crippen molar-refractivity contribution >= 4 is 17.2 Å². The number of nitrogens with zero attached hydrogens (tertiary/aromatic N) is 1. The second kappa shape index (κ2) is 7.44. The van der Waals surface area contributed by atoms with Gasteiger partial charge in [0.15, 0.2) is 0 Å². The predicted molar refractivity (Wildman–Crippen MR) is 78.7 cm³/mol. The van der Waals surface area contributed by atoms with Gasteiger partial charge in [0.05, 0.1) is 9.75 Å². The number of hydrogen-bond acceptors (Lipinski definition) is 4. The molecule has 1 aromatic rings. The Hall–Kier alpha value is -1.35. The number of likely N-dealkylation sites (tertiary alicyclic amines) is 1. The van der Waals surface area contributed by atoms with Gasteiger partial charge in [0, 0.05) is 19.2 Å². The lowest BCUT2D eigenvalue weighted by molar-refractivity contribution is 0.0579. The smallest absolute Gasteiger partial charge is 0.264 e. The molecule has 4 nitrogen and oxygen atoms in total. The van der Waals surface area contributed by atoms with E-state index in [1.807, 2.05) is 11.0 Å². The van der Waals surface area contributed by atoms with E-state index in [9.17, 15) is 4.79 Å². The molecule has 2 rings (SSSR count). The van der Waals surface area contributed by atoms with Crippen LogP contribution in [-0.4, -0.2) is 46.8 Å². The second-order valence-corrected chi connectivity index (χ2v) is 5.87. The summed E-state index contributed by atoms with van der Waals surface area (Å²) in [6.45, 7) is 0.705. The summed E-state index contributed by atoms with van der Waals surface area (Å²) in [6.07, 6.45) is 3.76. The molecule has 1 atom stereocenters. The molecular formula is C15H19NO3S. The van der Waals surface area contributed by atoms with Gasteiger partial charge in [-0.05, 0) is 37.8 Å². The number of piperidine rings is 1. The minimum absolute atomic E-state index is 0.0326. The fourth-order valence-electron chi connectivity index (χ4n) is 2.51. The fourth-order valence-corrected chi connectivity index (χ4v) is 3.34. The monoisotopic (exact) mass is 293 g/mol. The maximum Gasteiger partial charge on any atom is 0.264 e. The van der Waals surface area contributed by atoms with Crippen molar-refractivity contribution in [1.82, 2.24) is 4.90 Å². The predicted octanol–water partition coefficient (Wildman–Crippen LogP) is 1.47. The van der Waals surface area contributed by atoms with Crippen LogP contribution < -0.4 is 0 Å². The number of aliphatic hydroxyl groups is 2. The molecule has 0 bridgehead atoms. The number of hydrogen-bond donors (Lipinski definition) is 2. The van der Waals surface area contributed by atoms with E-state index in [0.717, 1.165) is 30.7 Å². The summed E-state index contributed by atoms with van der Waals surface area (Å²) in [7, 11) is 0. The van der Waals surface area contributed by atoms with E-state index >= 15 is 0 Å². The summed E-state index contributed by atoms with van der Waals surface area (Å²) in [5.74, 6) is 5.43. The Labute approximate surface area is 123 Å². The number of carbonyl (C=O) groups is 1. The summed E-state index contributed by atoms with van der Waals surface area (Å²) < 4.78 is 0. The molecule has 0 aromatic carbocycles. The first-order valence-corrected chi connectivity index (χ1v) is 7.69. The van der Waals surface area contributed by atoms with Gasteiger partial charge in [-0.2, -0.15) is 0 Å². The van der Waals surface area contributed by atoms with Crippen molar-refractivity contribution in [2.75, 3.05) is 19.8 Å². The minimum atomic E-state index is -0.175. The van der Waals surface area contributed by atoms with Gasteiger partial charge in [-0.15, -0.1) is 11.3 Å². The van der Waals surface area contributed by atoms with Gasteiger partial charge in [-0.1, -0.05) is 11.8 Å². The van der Waals surface area contributed by atoms with Crippen molar-refractivity contribution in [1.29, 1.82) is 0 Å². The second-order valence-electron chi connectivity index (χ2n) is 4.78. The van der Waals surface area contributed by atoms with Crippen molar-refractivity contribution in [2.45, 2.75) is 31.7 Å². The highest BCUT2D eigenvalue weighted by atomic mass is 32.1. The molecule has 2 heterocycles. The molecule has 108 valence electrons. The Balaban J connectivity index is 2.10. The topological polar surface area (TPSA) is 60.8 Å². The third-order valence-corrected chi connectivity index (χ3v) is 4.45. The number of thiophene rings is 1. The molecule has 0 spiro atoms. The quantitative estimate of drug-likeness (QED) is 0.830. The molecule has 0 saturated carbocycles. The third-order valence-electron chi connectivity index (χ3n) is 3.46. The van der Waals surface area contributed by atoms with Gasteiger partial charge in [0.1, 0.15) is 6.61 Å². The van der Waals surface area contributed by atoms with Crippen LogP contribution in [0.2, 0.25) is 0 Å². The van der Waals surface area contributed by atoms with E-state index in [0.29, 0.717) is 11.3 Å². The summed E-state index contributed by atoms with van der Waals surface area (Å²) in [4.78, 5) is 15.9. The van der Waals surface area contributed by atoms with E-state index in [4.69, 9.17) is 10.2 Å². The van der Waals surface area contributed by atoms with Crippen LogP contribution in [-0.2, 0) is 0 Å². The van der Waals surface area contributed by atoms with E-state index in [-0.39, 0.29) is 25.2 Å². The maximum absolute atomic E-state index is 12.5. The van der Waals surface area contributed by atoms with Crippen molar-refractivity contribution in [2.24, 2.45) is 0 Å².